The van der Waals surface area contributed by atoms with Crippen molar-refractivity contribution in [1.29, 1.82) is 0 Å². The van der Waals surface area contributed by atoms with E-state index in [-0.39, 0.29) is 0 Å². The molecule has 2 aromatic rings. The van der Waals surface area contributed by atoms with E-state index in [1.807, 2.05) is 12.1 Å². The summed E-state index contributed by atoms with van der Waals surface area (Å²) in [5.74, 6) is -0.540. The maximum Gasteiger partial charge on any atom is 0.253 e. The third kappa shape index (κ3) is 2.09. The predicted octanol–water partition coefficient (Wildman–Crippen LogP) is 4.48. The van der Waals surface area contributed by atoms with Crippen molar-refractivity contribution in [2.45, 2.75) is 3.79 Å². The summed E-state index contributed by atoms with van der Waals surface area (Å²) in [6, 6.07) is 5.47. The van der Waals surface area contributed by atoms with Gasteiger partial charge in [-0.2, -0.15) is 0 Å². The molecule has 1 aromatic carbocycles. The SMILES string of the molecule is O=C(c1c[nH]c2c(Br)cccc12)C(Cl)(Cl)Cl. The molecule has 0 spiro atoms. The molecule has 0 bridgehead atoms. The maximum absolute atomic E-state index is 11.8. The monoisotopic (exact) mass is 339 g/mol. The zero-order valence-corrected chi connectivity index (χ0v) is 11.6. The zero-order valence-electron chi connectivity index (χ0n) is 7.73. The minimum Gasteiger partial charge on any atom is -0.360 e. The van der Waals surface area contributed by atoms with Crippen LogP contribution in [-0.4, -0.2) is 14.6 Å². The minimum atomic E-state index is -1.93. The molecule has 0 fully saturated rings. The number of alkyl halides is 3. The van der Waals surface area contributed by atoms with Crippen molar-refractivity contribution in [2.24, 2.45) is 0 Å². The Bertz CT molecular complexity index is 559. The van der Waals surface area contributed by atoms with Crippen molar-refractivity contribution < 1.29 is 4.79 Å². The van der Waals surface area contributed by atoms with Gasteiger partial charge in [0.2, 0.25) is 5.78 Å². The van der Waals surface area contributed by atoms with Gasteiger partial charge in [0.25, 0.3) is 3.79 Å². The van der Waals surface area contributed by atoms with Crippen molar-refractivity contribution in [3.8, 4) is 0 Å². The first kappa shape index (κ1) is 12.2. The molecule has 0 radical (unpaired) electrons. The van der Waals surface area contributed by atoms with Gasteiger partial charge in [0.1, 0.15) is 0 Å². The van der Waals surface area contributed by atoms with E-state index < -0.39 is 9.58 Å². The van der Waals surface area contributed by atoms with Crippen LogP contribution in [0.25, 0.3) is 10.9 Å². The number of fused-ring (bicyclic) bond motifs is 1. The van der Waals surface area contributed by atoms with Crippen molar-refractivity contribution >= 4 is 67.4 Å². The van der Waals surface area contributed by atoms with Gasteiger partial charge in [0.05, 0.1) is 5.52 Å². The fourth-order valence-electron chi connectivity index (χ4n) is 1.46. The van der Waals surface area contributed by atoms with Crippen LogP contribution in [0.3, 0.4) is 0 Å². The van der Waals surface area contributed by atoms with Crippen LogP contribution >= 0.6 is 50.7 Å². The Labute approximate surface area is 115 Å². The van der Waals surface area contributed by atoms with E-state index in [1.54, 1.807) is 12.3 Å². The average Bonchev–Trinajstić information content (AvgIpc) is 2.60. The predicted molar refractivity (Wildman–Crippen MR) is 70.6 cm³/mol. The summed E-state index contributed by atoms with van der Waals surface area (Å²) in [6.45, 7) is 0. The van der Waals surface area contributed by atoms with E-state index in [2.05, 4.69) is 20.9 Å². The number of carbonyl (C=O) groups excluding carboxylic acids is 1. The third-order valence-corrected chi connectivity index (χ3v) is 3.34. The number of hydrogen-bond acceptors (Lipinski definition) is 1. The molecule has 84 valence electrons. The van der Waals surface area contributed by atoms with E-state index in [4.69, 9.17) is 34.8 Å². The first-order valence-corrected chi connectivity index (χ1v) is 6.21. The number of aromatic amines is 1. The van der Waals surface area contributed by atoms with Crippen molar-refractivity contribution in [3.05, 3.63) is 34.4 Å². The van der Waals surface area contributed by atoms with Crippen LogP contribution in [0.1, 0.15) is 10.4 Å². The number of nitrogens with one attached hydrogen (secondary N) is 1. The quantitative estimate of drug-likeness (QED) is 0.602. The topological polar surface area (TPSA) is 32.9 Å². The molecule has 0 aliphatic carbocycles. The molecule has 0 saturated heterocycles. The van der Waals surface area contributed by atoms with Crippen molar-refractivity contribution in [2.75, 3.05) is 0 Å². The van der Waals surface area contributed by atoms with Gasteiger partial charge in [0, 0.05) is 21.6 Å². The number of halogens is 4. The van der Waals surface area contributed by atoms with Crippen LogP contribution in [0.5, 0.6) is 0 Å². The summed E-state index contributed by atoms with van der Waals surface area (Å²) in [7, 11) is 0. The van der Waals surface area contributed by atoms with Gasteiger partial charge >= 0.3 is 0 Å². The normalized spacial score (nSPS) is 12.0. The molecule has 2 rings (SSSR count). The second-order valence-corrected chi connectivity index (χ2v) is 6.33. The smallest absolute Gasteiger partial charge is 0.253 e. The molecular formula is C10H5BrCl3NO. The highest BCUT2D eigenvalue weighted by Crippen LogP contribution is 2.34. The van der Waals surface area contributed by atoms with Crippen LogP contribution in [0.15, 0.2) is 28.9 Å². The molecule has 6 heteroatoms. The Balaban J connectivity index is 2.64. The summed E-state index contributed by atoms with van der Waals surface area (Å²) in [4.78, 5) is 14.8. The average molecular weight is 341 g/mol. The van der Waals surface area contributed by atoms with Gasteiger partial charge in [-0.3, -0.25) is 4.79 Å². The number of Topliss-reactive ketones (excluding diaryl/α,β-unsaturated/α-hetero) is 1. The molecular weight excluding hydrogens is 336 g/mol. The van der Waals surface area contributed by atoms with Crippen molar-refractivity contribution in [3.63, 3.8) is 0 Å². The summed E-state index contributed by atoms with van der Waals surface area (Å²) >= 11 is 20.1. The number of aromatic nitrogens is 1. The second kappa shape index (κ2) is 4.22. The largest absolute Gasteiger partial charge is 0.360 e. The third-order valence-electron chi connectivity index (χ3n) is 2.17. The van der Waals surface area contributed by atoms with E-state index in [1.165, 1.54) is 0 Å². The highest BCUT2D eigenvalue weighted by molar-refractivity contribution is 9.10. The molecule has 1 heterocycles. The highest BCUT2D eigenvalue weighted by atomic mass is 79.9. The van der Waals surface area contributed by atoms with Crippen molar-refractivity contribution in [1.82, 2.24) is 4.98 Å². The molecule has 0 aliphatic heterocycles. The first-order valence-electron chi connectivity index (χ1n) is 4.28. The maximum atomic E-state index is 11.8. The Morgan fingerprint density at radius 1 is 1.31 bits per heavy atom. The summed E-state index contributed by atoms with van der Waals surface area (Å²) in [6.07, 6.45) is 1.54. The van der Waals surface area contributed by atoms with E-state index in [0.29, 0.717) is 5.56 Å². The molecule has 0 atom stereocenters. The summed E-state index contributed by atoms with van der Waals surface area (Å²) in [5, 5.41) is 0.728. The Morgan fingerprint density at radius 2 is 2.00 bits per heavy atom. The standard InChI is InChI=1S/C10H5BrCl3NO/c11-7-3-1-2-5-6(4-15-8(5)7)9(16)10(12,13)14/h1-4,15H. The number of para-hydroxylation sites is 1. The number of H-pyrrole nitrogens is 1. The van der Waals surface area contributed by atoms with Crippen LogP contribution in [0, 0.1) is 0 Å². The number of rotatable bonds is 1. The van der Waals surface area contributed by atoms with Gasteiger partial charge in [-0.25, -0.2) is 0 Å². The molecule has 1 N–H and O–H groups in total. The summed E-state index contributed by atoms with van der Waals surface area (Å²) < 4.78 is -1.08. The fourth-order valence-corrected chi connectivity index (χ4v) is 2.24. The molecule has 0 amide bonds. The van der Waals surface area contributed by atoms with Gasteiger partial charge in [0.15, 0.2) is 0 Å². The minimum absolute atomic E-state index is 0.372. The van der Waals surface area contributed by atoms with Crippen LogP contribution in [0.2, 0.25) is 0 Å². The summed E-state index contributed by atoms with van der Waals surface area (Å²) in [5.41, 5.74) is 1.18. The van der Waals surface area contributed by atoms with Gasteiger partial charge in [-0.15, -0.1) is 0 Å². The van der Waals surface area contributed by atoms with Gasteiger partial charge in [-0.05, 0) is 22.0 Å². The van der Waals surface area contributed by atoms with E-state index in [9.17, 15) is 4.79 Å². The van der Waals surface area contributed by atoms with Crippen LogP contribution < -0.4 is 0 Å². The Hall–Kier alpha value is -0.220. The lowest BCUT2D eigenvalue weighted by molar-refractivity contribution is 0.0998. The lowest BCUT2D eigenvalue weighted by atomic mass is 10.1. The van der Waals surface area contributed by atoms with Gasteiger partial charge < -0.3 is 4.98 Å². The molecule has 1 aromatic heterocycles. The van der Waals surface area contributed by atoms with E-state index in [0.717, 1.165) is 15.4 Å². The molecule has 0 unspecified atom stereocenters. The highest BCUT2D eigenvalue weighted by Gasteiger charge is 2.33. The molecule has 0 saturated carbocycles. The second-order valence-electron chi connectivity index (χ2n) is 3.19. The molecule has 2 nitrogen and oxygen atoms in total. The fraction of sp³-hybridized carbons (Fsp3) is 0.100. The molecule has 16 heavy (non-hydrogen) atoms. The molecule has 0 aliphatic rings. The number of carbonyl (C=O) groups is 1. The van der Waals surface area contributed by atoms with Gasteiger partial charge in [-0.1, -0.05) is 46.9 Å². The lowest BCUT2D eigenvalue weighted by Crippen LogP contribution is -2.18. The number of hydrogen-bond donors (Lipinski definition) is 1. The zero-order chi connectivity index (χ0) is 11.9. The Kier molecular flexibility index (Phi) is 3.23. The Morgan fingerprint density at radius 3 is 2.62 bits per heavy atom. The first-order chi connectivity index (χ1) is 7.41. The number of ketones is 1. The van der Waals surface area contributed by atoms with Crippen LogP contribution in [0.4, 0.5) is 0 Å². The number of benzene rings is 1. The lowest BCUT2D eigenvalue weighted by Gasteiger charge is -2.07. The van der Waals surface area contributed by atoms with Crippen LogP contribution in [-0.2, 0) is 0 Å². The van der Waals surface area contributed by atoms with E-state index >= 15 is 0 Å².